The maximum atomic E-state index is 12.5. The molecule has 0 fully saturated rings. The molecule has 27 heavy (non-hydrogen) atoms. The summed E-state index contributed by atoms with van der Waals surface area (Å²) in [6.07, 6.45) is 3.54. The van der Waals surface area contributed by atoms with Crippen molar-refractivity contribution in [3.8, 4) is 0 Å². The third kappa shape index (κ3) is 3.48. The smallest absolute Gasteiger partial charge is 0.253 e. The van der Waals surface area contributed by atoms with Gasteiger partial charge >= 0.3 is 0 Å². The van der Waals surface area contributed by atoms with E-state index in [4.69, 9.17) is 11.6 Å². The summed E-state index contributed by atoms with van der Waals surface area (Å²) in [5.41, 5.74) is 4.21. The number of hydrogen-bond acceptors (Lipinski definition) is 5. The summed E-state index contributed by atoms with van der Waals surface area (Å²) >= 11 is 6.07. The van der Waals surface area contributed by atoms with Gasteiger partial charge in [-0.2, -0.15) is 0 Å². The van der Waals surface area contributed by atoms with Gasteiger partial charge in [-0.15, -0.1) is 0 Å². The fraction of sp³-hybridized carbons (Fsp3) is 0.200. The third-order valence-electron chi connectivity index (χ3n) is 4.59. The molecular weight excluding hydrogens is 362 g/mol. The Morgan fingerprint density at radius 1 is 1.26 bits per heavy atom. The van der Waals surface area contributed by atoms with E-state index in [9.17, 15) is 4.79 Å². The molecular formula is C20H18ClN5O. The predicted molar refractivity (Wildman–Crippen MR) is 110 cm³/mol. The van der Waals surface area contributed by atoms with Crippen LogP contribution in [0.5, 0.6) is 0 Å². The Hall–Kier alpha value is -2.99. The number of rotatable bonds is 4. The molecule has 0 saturated heterocycles. The number of pyridine rings is 1. The number of aliphatic imine (C=N–C) groups is 1. The highest BCUT2D eigenvalue weighted by Gasteiger charge is 2.15. The number of nitrogens with zero attached hydrogens (tertiary/aromatic N) is 3. The van der Waals surface area contributed by atoms with Gasteiger partial charge in [0.1, 0.15) is 0 Å². The van der Waals surface area contributed by atoms with Crippen LogP contribution in [0.15, 0.2) is 51.9 Å². The molecule has 0 amide bonds. The van der Waals surface area contributed by atoms with Gasteiger partial charge in [-0.05, 0) is 49.8 Å². The van der Waals surface area contributed by atoms with Gasteiger partial charge in [-0.3, -0.25) is 9.79 Å². The first-order valence-electron chi connectivity index (χ1n) is 8.63. The lowest BCUT2D eigenvalue weighted by molar-refractivity contribution is 0.844. The van der Waals surface area contributed by atoms with Gasteiger partial charge in [0.15, 0.2) is 0 Å². The first-order chi connectivity index (χ1) is 13.0. The standard InChI is InChI=1S/C20H18ClN5O/c1-11-9-22-10-16(11)18-5-6-23-20(26-18)24-12(2)15-8-13-7-14(21)3-4-17(13)25-19(15)27/h3-8,10,12H,9H2,1-2H3,(H,25,27)(H,23,24,26)/t12-/m0/s1. The van der Waals surface area contributed by atoms with Crippen LogP contribution in [0.2, 0.25) is 5.02 Å². The normalized spacial score (nSPS) is 14.8. The molecule has 2 N–H and O–H groups in total. The zero-order valence-corrected chi connectivity index (χ0v) is 15.7. The van der Waals surface area contributed by atoms with Crippen LogP contribution in [-0.2, 0) is 0 Å². The summed E-state index contributed by atoms with van der Waals surface area (Å²) in [7, 11) is 0. The fourth-order valence-electron chi connectivity index (χ4n) is 3.12. The lowest BCUT2D eigenvalue weighted by atomic mass is 10.1. The van der Waals surface area contributed by atoms with Crippen LogP contribution < -0.4 is 10.9 Å². The zero-order chi connectivity index (χ0) is 19.0. The molecule has 6 nitrogen and oxygen atoms in total. The second kappa shape index (κ2) is 6.96. The van der Waals surface area contributed by atoms with Crippen molar-refractivity contribution in [3.63, 3.8) is 0 Å². The van der Waals surface area contributed by atoms with E-state index in [1.54, 1.807) is 18.3 Å². The van der Waals surface area contributed by atoms with Crippen molar-refractivity contribution >= 4 is 40.2 Å². The Balaban J connectivity index is 1.65. The Bertz CT molecular complexity index is 1150. The van der Waals surface area contributed by atoms with Crippen LogP contribution in [0, 0.1) is 0 Å². The first kappa shape index (κ1) is 17.4. The summed E-state index contributed by atoms with van der Waals surface area (Å²) in [5.74, 6) is 0.464. The lowest BCUT2D eigenvalue weighted by Crippen LogP contribution is -2.20. The third-order valence-corrected chi connectivity index (χ3v) is 4.82. The molecule has 1 aliphatic heterocycles. The Kier molecular flexibility index (Phi) is 4.49. The zero-order valence-electron chi connectivity index (χ0n) is 15.0. The number of halogens is 1. The molecule has 1 aromatic carbocycles. The van der Waals surface area contributed by atoms with E-state index in [0.717, 1.165) is 22.2 Å². The number of aromatic amines is 1. The number of anilines is 1. The van der Waals surface area contributed by atoms with Gasteiger partial charge < -0.3 is 10.3 Å². The average molecular weight is 380 g/mol. The summed E-state index contributed by atoms with van der Waals surface area (Å²) in [4.78, 5) is 28.5. The molecule has 136 valence electrons. The topological polar surface area (TPSA) is 83.0 Å². The van der Waals surface area contributed by atoms with Crippen LogP contribution in [0.3, 0.4) is 0 Å². The largest absolute Gasteiger partial charge is 0.347 e. The Morgan fingerprint density at radius 3 is 2.89 bits per heavy atom. The summed E-state index contributed by atoms with van der Waals surface area (Å²) < 4.78 is 0. The number of fused-ring (bicyclic) bond motifs is 1. The Morgan fingerprint density at radius 2 is 2.11 bits per heavy atom. The van der Waals surface area contributed by atoms with Gasteiger partial charge in [0, 0.05) is 39.5 Å². The Labute approximate surface area is 161 Å². The van der Waals surface area contributed by atoms with Crippen molar-refractivity contribution in [3.05, 3.63) is 68.7 Å². The molecule has 0 bridgehead atoms. The molecule has 0 spiro atoms. The van der Waals surface area contributed by atoms with Crippen LogP contribution in [0.4, 0.5) is 5.95 Å². The van der Waals surface area contributed by atoms with Crippen LogP contribution in [0.25, 0.3) is 16.5 Å². The van der Waals surface area contributed by atoms with Gasteiger partial charge in [-0.25, -0.2) is 9.97 Å². The molecule has 1 aliphatic rings. The highest BCUT2D eigenvalue weighted by molar-refractivity contribution is 6.31. The van der Waals surface area contributed by atoms with Crippen molar-refractivity contribution in [2.45, 2.75) is 19.9 Å². The second-order valence-electron chi connectivity index (χ2n) is 6.58. The molecule has 2 aromatic heterocycles. The van der Waals surface area contributed by atoms with Crippen LogP contribution >= 0.6 is 11.6 Å². The molecule has 0 unspecified atom stereocenters. The lowest BCUT2D eigenvalue weighted by Gasteiger charge is -2.15. The van der Waals surface area contributed by atoms with E-state index in [-0.39, 0.29) is 11.6 Å². The predicted octanol–water partition coefficient (Wildman–Crippen LogP) is 4.00. The van der Waals surface area contributed by atoms with Crippen molar-refractivity contribution in [2.75, 3.05) is 11.9 Å². The first-order valence-corrected chi connectivity index (χ1v) is 9.01. The SMILES string of the molecule is CC1=C(c2ccnc(N[C@@H](C)c3cc4cc(Cl)ccc4[nH]c3=O)n2)C=NC1. The molecule has 4 rings (SSSR count). The molecule has 3 heterocycles. The molecule has 0 aliphatic carbocycles. The van der Waals surface area contributed by atoms with Crippen molar-refractivity contribution in [2.24, 2.45) is 4.99 Å². The van der Waals surface area contributed by atoms with Gasteiger partial charge in [0.2, 0.25) is 5.95 Å². The molecule has 7 heteroatoms. The molecule has 0 radical (unpaired) electrons. The number of nitrogens with one attached hydrogen (secondary N) is 2. The van der Waals surface area contributed by atoms with Crippen molar-refractivity contribution < 1.29 is 0 Å². The summed E-state index contributed by atoms with van der Waals surface area (Å²) in [5, 5.41) is 4.72. The summed E-state index contributed by atoms with van der Waals surface area (Å²) in [6, 6.07) is 8.81. The number of hydrogen-bond donors (Lipinski definition) is 2. The van der Waals surface area contributed by atoms with Crippen molar-refractivity contribution in [1.82, 2.24) is 15.0 Å². The van der Waals surface area contributed by atoms with E-state index in [0.29, 0.717) is 23.1 Å². The number of aromatic nitrogens is 3. The van der Waals surface area contributed by atoms with Crippen molar-refractivity contribution in [1.29, 1.82) is 0 Å². The molecule has 1 atom stereocenters. The van der Waals surface area contributed by atoms with Crippen LogP contribution in [-0.4, -0.2) is 27.7 Å². The van der Waals surface area contributed by atoms with E-state index in [2.05, 4.69) is 25.3 Å². The van der Waals surface area contributed by atoms with Gasteiger partial charge in [0.25, 0.3) is 5.56 Å². The average Bonchev–Trinajstić information content (AvgIpc) is 3.07. The number of benzene rings is 1. The minimum Gasteiger partial charge on any atom is -0.347 e. The van der Waals surface area contributed by atoms with E-state index in [1.165, 1.54) is 5.57 Å². The van der Waals surface area contributed by atoms with Gasteiger partial charge in [-0.1, -0.05) is 11.6 Å². The molecule has 0 saturated carbocycles. The van der Waals surface area contributed by atoms with E-state index >= 15 is 0 Å². The minimum absolute atomic E-state index is 0.151. The van der Waals surface area contributed by atoms with Crippen LogP contribution in [0.1, 0.15) is 31.1 Å². The highest BCUT2D eigenvalue weighted by Crippen LogP contribution is 2.23. The second-order valence-corrected chi connectivity index (χ2v) is 7.02. The van der Waals surface area contributed by atoms with E-state index in [1.807, 2.05) is 38.3 Å². The summed E-state index contributed by atoms with van der Waals surface area (Å²) in [6.45, 7) is 4.64. The number of H-pyrrole nitrogens is 1. The molecule has 3 aromatic rings. The van der Waals surface area contributed by atoms with E-state index < -0.39 is 0 Å². The minimum atomic E-state index is -0.278. The number of allylic oxidation sites excluding steroid dienone is 1. The maximum absolute atomic E-state index is 12.5. The monoisotopic (exact) mass is 379 g/mol. The van der Waals surface area contributed by atoms with Gasteiger partial charge in [0.05, 0.1) is 18.3 Å². The quantitative estimate of drug-likeness (QED) is 0.717. The highest BCUT2D eigenvalue weighted by atomic mass is 35.5. The fourth-order valence-corrected chi connectivity index (χ4v) is 3.30. The maximum Gasteiger partial charge on any atom is 0.253 e.